The van der Waals surface area contributed by atoms with Crippen LogP contribution in [0.3, 0.4) is 0 Å². The fourth-order valence-electron chi connectivity index (χ4n) is 3.21. The molecule has 2 aromatic carbocycles. The van der Waals surface area contributed by atoms with Gasteiger partial charge in [-0.25, -0.2) is 0 Å². The second-order valence-electron chi connectivity index (χ2n) is 6.75. The molecule has 0 radical (unpaired) electrons. The quantitative estimate of drug-likeness (QED) is 0.851. The van der Waals surface area contributed by atoms with Gasteiger partial charge in [0.1, 0.15) is 0 Å². The summed E-state index contributed by atoms with van der Waals surface area (Å²) < 4.78 is 5.32. The first-order chi connectivity index (χ1) is 13.1. The highest BCUT2D eigenvalue weighted by molar-refractivity contribution is 6.06. The minimum absolute atomic E-state index is 0.118. The lowest BCUT2D eigenvalue weighted by molar-refractivity contribution is -0.119. The normalized spacial score (nSPS) is 15.8. The van der Waals surface area contributed by atoms with Crippen molar-refractivity contribution < 1.29 is 14.3 Å². The van der Waals surface area contributed by atoms with E-state index in [0.717, 1.165) is 18.5 Å². The van der Waals surface area contributed by atoms with Crippen molar-refractivity contribution in [3.8, 4) is 0 Å². The molecule has 142 valence electrons. The number of benzene rings is 2. The zero-order valence-corrected chi connectivity index (χ0v) is 15.4. The molecular formula is C21H25N3O3. The third-order valence-corrected chi connectivity index (χ3v) is 4.90. The molecule has 3 rings (SSSR count). The largest absolute Gasteiger partial charge is 0.381 e. The first-order valence-corrected chi connectivity index (χ1v) is 9.13. The number of amides is 2. The maximum absolute atomic E-state index is 12.7. The van der Waals surface area contributed by atoms with E-state index in [2.05, 4.69) is 5.32 Å². The summed E-state index contributed by atoms with van der Waals surface area (Å²) in [5, 5.41) is 2.84. The van der Waals surface area contributed by atoms with Gasteiger partial charge >= 0.3 is 0 Å². The fraction of sp³-hybridized carbons (Fsp3) is 0.333. The molecule has 1 fully saturated rings. The van der Waals surface area contributed by atoms with Crippen LogP contribution in [-0.4, -0.2) is 38.1 Å². The Morgan fingerprint density at radius 1 is 1.11 bits per heavy atom. The van der Waals surface area contributed by atoms with Crippen LogP contribution in [-0.2, 0) is 9.53 Å². The van der Waals surface area contributed by atoms with E-state index >= 15 is 0 Å². The molecule has 6 heteroatoms. The van der Waals surface area contributed by atoms with Gasteiger partial charge in [0.05, 0.1) is 6.04 Å². The summed E-state index contributed by atoms with van der Waals surface area (Å²) in [6, 6.07) is 15.7. The van der Waals surface area contributed by atoms with E-state index in [1.54, 1.807) is 36.2 Å². The van der Waals surface area contributed by atoms with E-state index in [4.69, 9.17) is 10.5 Å². The molecule has 1 heterocycles. The highest BCUT2D eigenvalue weighted by Gasteiger charge is 2.26. The average molecular weight is 367 g/mol. The molecule has 1 atom stereocenters. The van der Waals surface area contributed by atoms with Crippen molar-refractivity contribution in [2.24, 2.45) is 11.7 Å². The number of carbonyl (C=O) groups excluding carboxylic acids is 2. The maximum Gasteiger partial charge on any atom is 0.258 e. The van der Waals surface area contributed by atoms with Crippen molar-refractivity contribution in [1.82, 2.24) is 0 Å². The molecule has 0 spiro atoms. The van der Waals surface area contributed by atoms with Crippen LogP contribution in [0, 0.1) is 5.92 Å². The average Bonchev–Trinajstić information content (AvgIpc) is 2.73. The zero-order chi connectivity index (χ0) is 19.2. The van der Waals surface area contributed by atoms with Crippen LogP contribution in [0.2, 0.25) is 0 Å². The lowest BCUT2D eigenvalue weighted by Crippen LogP contribution is -2.44. The van der Waals surface area contributed by atoms with Crippen molar-refractivity contribution >= 4 is 23.2 Å². The molecule has 3 N–H and O–H groups in total. The van der Waals surface area contributed by atoms with E-state index in [9.17, 15) is 9.59 Å². The Morgan fingerprint density at radius 2 is 1.81 bits per heavy atom. The third-order valence-electron chi connectivity index (χ3n) is 4.90. The van der Waals surface area contributed by atoms with Gasteiger partial charge in [-0.2, -0.15) is 0 Å². The molecule has 0 bridgehead atoms. The highest BCUT2D eigenvalue weighted by atomic mass is 16.5. The molecule has 1 aliphatic heterocycles. The standard InChI is InChI=1S/C21H25N3O3/c1-24(18-8-3-2-4-9-18)21(26)16-6-5-7-17(14-16)23-20(25)19(22)15-10-12-27-13-11-15/h2-9,14-15,19H,10-13,22H2,1H3,(H,23,25). The van der Waals surface area contributed by atoms with Gasteiger partial charge in [-0.1, -0.05) is 24.3 Å². The second kappa shape index (κ2) is 8.79. The SMILES string of the molecule is CN(C(=O)c1cccc(NC(=O)C(N)C2CCOCC2)c1)c1ccccc1. The fourth-order valence-corrected chi connectivity index (χ4v) is 3.21. The van der Waals surface area contributed by atoms with Crippen molar-refractivity contribution in [1.29, 1.82) is 0 Å². The summed E-state index contributed by atoms with van der Waals surface area (Å²) in [7, 11) is 1.73. The Balaban J connectivity index is 1.68. The molecule has 6 nitrogen and oxygen atoms in total. The molecule has 0 saturated carbocycles. The van der Waals surface area contributed by atoms with Gasteiger partial charge in [0.15, 0.2) is 0 Å². The van der Waals surface area contributed by atoms with Crippen LogP contribution in [0.1, 0.15) is 23.2 Å². The van der Waals surface area contributed by atoms with Gasteiger partial charge in [-0.05, 0) is 49.1 Å². The summed E-state index contributed by atoms with van der Waals surface area (Å²) in [5.41, 5.74) is 7.99. The van der Waals surface area contributed by atoms with Crippen molar-refractivity contribution in [3.05, 3.63) is 60.2 Å². The first kappa shape index (κ1) is 19.1. The van der Waals surface area contributed by atoms with Crippen LogP contribution in [0.4, 0.5) is 11.4 Å². The minimum atomic E-state index is -0.583. The molecule has 0 aromatic heterocycles. The number of nitrogens with two attached hydrogens (primary N) is 1. The maximum atomic E-state index is 12.7. The predicted octanol–water partition coefficient (Wildman–Crippen LogP) is 2.66. The Labute approximate surface area is 159 Å². The van der Waals surface area contributed by atoms with E-state index in [1.165, 1.54) is 0 Å². The van der Waals surface area contributed by atoms with Gasteiger partial charge in [0.2, 0.25) is 5.91 Å². The highest BCUT2D eigenvalue weighted by Crippen LogP contribution is 2.20. The molecule has 1 aliphatic rings. The first-order valence-electron chi connectivity index (χ1n) is 9.13. The number of hydrogen-bond donors (Lipinski definition) is 2. The van der Waals surface area contributed by atoms with Crippen LogP contribution in [0.25, 0.3) is 0 Å². The van der Waals surface area contributed by atoms with Crippen molar-refractivity contribution in [2.45, 2.75) is 18.9 Å². The zero-order valence-electron chi connectivity index (χ0n) is 15.4. The summed E-state index contributed by atoms with van der Waals surface area (Å²) >= 11 is 0. The number of para-hydroxylation sites is 1. The summed E-state index contributed by atoms with van der Waals surface area (Å²) in [4.78, 5) is 26.8. The molecule has 0 aliphatic carbocycles. The number of carbonyl (C=O) groups is 2. The topological polar surface area (TPSA) is 84.7 Å². The second-order valence-corrected chi connectivity index (χ2v) is 6.75. The van der Waals surface area contributed by atoms with Crippen LogP contribution < -0.4 is 16.0 Å². The smallest absolute Gasteiger partial charge is 0.258 e. The van der Waals surface area contributed by atoms with Crippen LogP contribution in [0.15, 0.2) is 54.6 Å². The van der Waals surface area contributed by atoms with Gasteiger partial charge in [-0.15, -0.1) is 0 Å². The Bertz CT molecular complexity index is 788. The monoisotopic (exact) mass is 367 g/mol. The van der Waals surface area contributed by atoms with Gasteiger partial charge in [0, 0.05) is 37.2 Å². The molecular weight excluding hydrogens is 342 g/mol. The number of nitrogens with zero attached hydrogens (tertiary/aromatic N) is 1. The van der Waals surface area contributed by atoms with Crippen LogP contribution in [0.5, 0.6) is 0 Å². The number of rotatable bonds is 5. The number of ether oxygens (including phenoxy) is 1. The summed E-state index contributed by atoms with van der Waals surface area (Å²) in [6.45, 7) is 1.28. The van der Waals surface area contributed by atoms with Gasteiger partial charge in [0.25, 0.3) is 5.91 Å². The summed E-state index contributed by atoms with van der Waals surface area (Å²) in [5.74, 6) is -0.262. The number of nitrogens with one attached hydrogen (secondary N) is 1. The minimum Gasteiger partial charge on any atom is -0.381 e. The Kier molecular flexibility index (Phi) is 6.21. The molecule has 2 aromatic rings. The number of hydrogen-bond acceptors (Lipinski definition) is 4. The van der Waals surface area contributed by atoms with Gasteiger partial charge in [-0.3, -0.25) is 9.59 Å². The summed E-state index contributed by atoms with van der Waals surface area (Å²) in [6.07, 6.45) is 1.57. The third kappa shape index (κ3) is 4.72. The molecule has 1 saturated heterocycles. The van der Waals surface area contributed by atoms with Crippen molar-refractivity contribution in [2.75, 3.05) is 30.5 Å². The predicted molar refractivity (Wildman–Crippen MR) is 106 cm³/mol. The molecule has 1 unspecified atom stereocenters. The Morgan fingerprint density at radius 3 is 2.52 bits per heavy atom. The van der Waals surface area contributed by atoms with Gasteiger partial charge < -0.3 is 20.7 Å². The van der Waals surface area contributed by atoms with E-state index < -0.39 is 6.04 Å². The van der Waals surface area contributed by atoms with E-state index in [1.807, 2.05) is 30.3 Å². The number of anilines is 2. The Hall–Kier alpha value is -2.70. The van der Waals surface area contributed by atoms with E-state index in [0.29, 0.717) is 24.5 Å². The van der Waals surface area contributed by atoms with E-state index in [-0.39, 0.29) is 17.7 Å². The van der Waals surface area contributed by atoms with Crippen molar-refractivity contribution in [3.63, 3.8) is 0 Å². The van der Waals surface area contributed by atoms with Crippen LogP contribution >= 0.6 is 0 Å². The lowest BCUT2D eigenvalue weighted by Gasteiger charge is -2.26. The molecule has 27 heavy (non-hydrogen) atoms. The molecule has 2 amide bonds. The lowest BCUT2D eigenvalue weighted by atomic mass is 9.92.